The molecule has 168 valence electrons. The summed E-state index contributed by atoms with van der Waals surface area (Å²) in [7, 11) is 0. The lowest BCUT2D eigenvalue weighted by Crippen LogP contribution is -2.54. The number of anilines is 1. The lowest BCUT2D eigenvalue weighted by molar-refractivity contribution is -0.146. The maximum atomic E-state index is 12.8. The van der Waals surface area contributed by atoms with Crippen LogP contribution in [0, 0.1) is 0 Å². The fraction of sp³-hybridized carbons (Fsp3) is 0.400. The number of nitrogens with zero attached hydrogens (tertiary/aromatic N) is 4. The Hall–Kier alpha value is -3.19. The van der Waals surface area contributed by atoms with Gasteiger partial charge in [0.1, 0.15) is 0 Å². The molecule has 0 bridgehead atoms. The largest absolute Gasteiger partial charge is 0.336 e. The van der Waals surface area contributed by atoms with Gasteiger partial charge in [0.25, 0.3) is 5.91 Å². The van der Waals surface area contributed by atoms with Crippen LogP contribution in [-0.2, 0) is 16.1 Å². The molecule has 0 N–H and O–H groups in total. The number of para-hydroxylation sites is 1. The van der Waals surface area contributed by atoms with Crippen molar-refractivity contribution in [1.82, 2.24) is 14.7 Å². The van der Waals surface area contributed by atoms with E-state index in [0.29, 0.717) is 31.2 Å². The van der Waals surface area contributed by atoms with Crippen LogP contribution in [0.3, 0.4) is 0 Å². The van der Waals surface area contributed by atoms with E-state index in [1.807, 2.05) is 59.5 Å². The molecule has 2 aliphatic rings. The first-order chi connectivity index (χ1) is 15.4. The molecule has 0 aromatic heterocycles. The second-order valence-corrected chi connectivity index (χ2v) is 8.64. The van der Waals surface area contributed by atoms with Crippen molar-refractivity contribution in [3.63, 3.8) is 0 Å². The maximum absolute atomic E-state index is 12.8. The normalized spacial score (nSPS) is 17.9. The lowest BCUT2D eigenvalue weighted by Gasteiger charge is -2.37. The highest BCUT2D eigenvalue weighted by molar-refractivity contribution is 6.40. The van der Waals surface area contributed by atoms with Crippen molar-refractivity contribution in [2.24, 2.45) is 0 Å². The summed E-state index contributed by atoms with van der Waals surface area (Å²) in [5.41, 5.74) is 2.30. The summed E-state index contributed by atoms with van der Waals surface area (Å²) in [5.74, 6) is -0.958. The first kappa shape index (κ1) is 22.0. The predicted molar refractivity (Wildman–Crippen MR) is 123 cm³/mol. The molecular formula is C25H30N4O3. The molecule has 0 spiro atoms. The smallest absolute Gasteiger partial charge is 0.316 e. The van der Waals surface area contributed by atoms with Crippen molar-refractivity contribution >= 4 is 23.4 Å². The molecule has 0 radical (unpaired) electrons. The molecule has 0 saturated carbocycles. The highest BCUT2D eigenvalue weighted by Crippen LogP contribution is 2.19. The molecule has 2 fully saturated rings. The second-order valence-electron chi connectivity index (χ2n) is 8.64. The van der Waals surface area contributed by atoms with Crippen LogP contribution in [0.2, 0.25) is 0 Å². The molecule has 4 rings (SSSR count). The highest BCUT2D eigenvalue weighted by atomic mass is 16.2. The number of rotatable bonds is 5. The third-order valence-corrected chi connectivity index (χ3v) is 6.28. The van der Waals surface area contributed by atoms with Gasteiger partial charge in [0.2, 0.25) is 0 Å². The first-order valence-corrected chi connectivity index (χ1v) is 11.2. The summed E-state index contributed by atoms with van der Waals surface area (Å²) >= 11 is 0. The van der Waals surface area contributed by atoms with Gasteiger partial charge in [0, 0.05) is 63.1 Å². The van der Waals surface area contributed by atoms with E-state index in [1.54, 1.807) is 4.90 Å². The zero-order valence-corrected chi connectivity index (χ0v) is 18.7. The van der Waals surface area contributed by atoms with Crippen molar-refractivity contribution in [2.45, 2.75) is 26.4 Å². The van der Waals surface area contributed by atoms with Crippen LogP contribution >= 0.6 is 0 Å². The van der Waals surface area contributed by atoms with Gasteiger partial charge >= 0.3 is 11.8 Å². The van der Waals surface area contributed by atoms with Crippen LogP contribution in [0.5, 0.6) is 0 Å². The van der Waals surface area contributed by atoms with Gasteiger partial charge in [0.15, 0.2) is 0 Å². The van der Waals surface area contributed by atoms with Crippen LogP contribution < -0.4 is 4.90 Å². The van der Waals surface area contributed by atoms with Crippen LogP contribution in [0.1, 0.15) is 29.8 Å². The van der Waals surface area contributed by atoms with E-state index in [1.165, 1.54) is 4.90 Å². The number of benzene rings is 2. The molecule has 3 amide bonds. The van der Waals surface area contributed by atoms with E-state index in [4.69, 9.17) is 0 Å². The van der Waals surface area contributed by atoms with Crippen molar-refractivity contribution in [3.05, 3.63) is 65.7 Å². The number of carbonyl (C=O) groups excluding carboxylic acids is 3. The van der Waals surface area contributed by atoms with Gasteiger partial charge in [-0.1, -0.05) is 30.3 Å². The van der Waals surface area contributed by atoms with E-state index in [9.17, 15) is 14.4 Å². The summed E-state index contributed by atoms with van der Waals surface area (Å²) < 4.78 is 0. The van der Waals surface area contributed by atoms with Gasteiger partial charge in [-0.3, -0.25) is 19.3 Å². The molecule has 2 aliphatic heterocycles. The van der Waals surface area contributed by atoms with E-state index in [-0.39, 0.29) is 5.91 Å². The monoisotopic (exact) mass is 434 g/mol. The van der Waals surface area contributed by atoms with Crippen LogP contribution in [0.15, 0.2) is 54.6 Å². The number of piperazine rings is 2. The van der Waals surface area contributed by atoms with Crippen LogP contribution in [0.25, 0.3) is 0 Å². The molecule has 7 nitrogen and oxygen atoms in total. The van der Waals surface area contributed by atoms with Crippen molar-refractivity contribution in [3.8, 4) is 0 Å². The lowest BCUT2D eigenvalue weighted by atomic mass is 10.1. The van der Waals surface area contributed by atoms with Crippen LogP contribution in [-0.4, -0.2) is 77.7 Å². The quantitative estimate of drug-likeness (QED) is 0.677. The second kappa shape index (κ2) is 9.53. The Labute approximate surface area is 189 Å². The molecule has 0 aliphatic carbocycles. The number of carbonyl (C=O) groups is 3. The van der Waals surface area contributed by atoms with Crippen LogP contribution in [0.4, 0.5) is 5.69 Å². The summed E-state index contributed by atoms with van der Waals surface area (Å²) in [6.45, 7) is 8.91. The Balaban J connectivity index is 1.34. The Morgan fingerprint density at radius 2 is 1.47 bits per heavy atom. The molecule has 0 atom stereocenters. The molecule has 32 heavy (non-hydrogen) atoms. The van der Waals surface area contributed by atoms with Gasteiger partial charge in [0.05, 0.1) is 0 Å². The molecule has 2 heterocycles. The fourth-order valence-corrected chi connectivity index (χ4v) is 4.28. The topological polar surface area (TPSA) is 64.2 Å². The van der Waals surface area contributed by atoms with E-state index < -0.39 is 11.8 Å². The van der Waals surface area contributed by atoms with Gasteiger partial charge < -0.3 is 14.7 Å². The number of hydrogen-bond donors (Lipinski definition) is 0. The molecule has 2 saturated heterocycles. The minimum absolute atomic E-state index is 0.0442. The van der Waals surface area contributed by atoms with E-state index in [0.717, 1.165) is 37.4 Å². The van der Waals surface area contributed by atoms with E-state index >= 15 is 0 Å². The third-order valence-electron chi connectivity index (χ3n) is 6.28. The summed E-state index contributed by atoms with van der Waals surface area (Å²) in [5, 5.41) is 0. The van der Waals surface area contributed by atoms with Gasteiger partial charge in [-0.2, -0.15) is 0 Å². The molecular weight excluding hydrogens is 404 g/mol. The molecule has 2 aromatic rings. The Morgan fingerprint density at radius 1 is 0.812 bits per heavy atom. The van der Waals surface area contributed by atoms with Gasteiger partial charge in [-0.05, 0) is 43.7 Å². The van der Waals surface area contributed by atoms with Crippen molar-refractivity contribution in [1.29, 1.82) is 0 Å². The Bertz CT molecular complexity index is 966. The minimum atomic E-state index is -0.505. The Kier molecular flexibility index (Phi) is 6.55. The maximum Gasteiger partial charge on any atom is 0.316 e. The van der Waals surface area contributed by atoms with Gasteiger partial charge in [-0.25, -0.2) is 0 Å². The third kappa shape index (κ3) is 4.67. The average Bonchev–Trinajstić information content (AvgIpc) is 2.83. The zero-order valence-electron chi connectivity index (χ0n) is 18.7. The molecule has 2 aromatic carbocycles. The summed E-state index contributed by atoms with van der Waals surface area (Å²) in [6.07, 6.45) is 0. The van der Waals surface area contributed by atoms with Crippen molar-refractivity contribution in [2.75, 3.05) is 44.2 Å². The highest BCUT2D eigenvalue weighted by Gasteiger charge is 2.33. The first-order valence-electron chi connectivity index (χ1n) is 11.2. The minimum Gasteiger partial charge on any atom is -0.336 e. The fourth-order valence-electron chi connectivity index (χ4n) is 4.28. The van der Waals surface area contributed by atoms with Gasteiger partial charge in [-0.15, -0.1) is 0 Å². The zero-order chi connectivity index (χ0) is 22.7. The summed E-state index contributed by atoms with van der Waals surface area (Å²) in [4.78, 5) is 45.4. The van der Waals surface area contributed by atoms with E-state index in [2.05, 4.69) is 18.7 Å². The average molecular weight is 435 g/mol. The summed E-state index contributed by atoms with van der Waals surface area (Å²) in [6, 6.07) is 17.1. The number of amides is 3. The number of hydrogen-bond acceptors (Lipinski definition) is 4. The molecule has 0 unspecified atom stereocenters. The standard InChI is InChI=1S/C25H30N4O3/c1-19(2)26-12-14-27(15-13-26)23(30)21-10-8-20(9-11-21)18-28-16-17-29(25(32)24(28)31)22-6-4-3-5-7-22/h3-11,19H,12-18H2,1-2H3. The SMILES string of the molecule is CC(C)N1CCN(C(=O)c2ccc(CN3CCN(c4ccccc4)C(=O)C3=O)cc2)CC1. The Morgan fingerprint density at radius 3 is 2.09 bits per heavy atom. The van der Waals surface area contributed by atoms with Crippen molar-refractivity contribution < 1.29 is 14.4 Å². The molecule has 7 heteroatoms. The predicted octanol–water partition coefficient (Wildman–Crippen LogP) is 2.23.